The van der Waals surface area contributed by atoms with E-state index in [0.717, 1.165) is 25.7 Å². The molecule has 4 nitrogen and oxygen atoms in total. The molecule has 18 heavy (non-hydrogen) atoms. The summed E-state index contributed by atoms with van der Waals surface area (Å²) < 4.78 is 0. The molecule has 0 unspecified atom stereocenters. The van der Waals surface area contributed by atoms with Crippen molar-refractivity contribution in [3.8, 4) is 0 Å². The minimum absolute atomic E-state index is 0.0348. The predicted molar refractivity (Wildman–Crippen MR) is 66.9 cm³/mol. The average Bonchev–Trinajstić information content (AvgIpc) is 2.77. The molecule has 1 aromatic heterocycles. The minimum atomic E-state index is -0.0684. The molecule has 2 aliphatic rings. The number of anilines is 1. The van der Waals surface area contributed by atoms with Gasteiger partial charge in [0.15, 0.2) is 0 Å². The van der Waals surface area contributed by atoms with Crippen LogP contribution in [0.3, 0.4) is 0 Å². The summed E-state index contributed by atoms with van der Waals surface area (Å²) in [6, 6.07) is 3.51. The molecule has 4 heteroatoms. The molecule has 2 fully saturated rings. The van der Waals surface area contributed by atoms with Crippen molar-refractivity contribution in [3.63, 3.8) is 0 Å². The number of amides is 2. The third kappa shape index (κ3) is 1.82. The van der Waals surface area contributed by atoms with Gasteiger partial charge in [-0.3, -0.25) is 14.6 Å². The van der Waals surface area contributed by atoms with E-state index in [0.29, 0.717) is 18.5 Å². The van der Waals surface area contributed by atoms with Gasteiger partial charge in [-0.15, -0.1) is 0 Å². The van der Waals surface area contributed by atoms with Gasteiger partial charge in [-0.05, 0) is 30.4 Å². The first-order chi connectivity index (χ1) is 8.70. The van der Waals surface area contributed by atoms with Crippen molar-refractivity contribution >= 4 is 17.5 Å². The fourth-order valence-corrected chi connectivity index (χ4v) is 3.25. The predicted octanol–water partition coefficient (Wildman–Crippen LogP) is 2.30. The Morgan fingerprint density at radius 3 is 2.33 bits per heavy atom. The molecular formula is C14H16N2O2. The summed E-state index contributed by atoms with van der Waals surface area (Å²) in [5, 5.41) is 0. The van der Waals surface area contributed by atoms with Crippen molar-refractivity contribution in [3.05, 3.63) is 24.5 Å². The molecule has 1 aliphatic carbocycles. The molecule has 0 bridgehead atoms. The van der Waals surface area contributed by atoms with Crippen LogP contribution in [0.2, 0.25) is 0 Å². The summed E-state index contributed by atoms with van der Waals surface area (Å²) in [6.45, 7) is 0. The second-order valence-corrected chi connectivity index (χ2v) is 5.39. The van der Waals surface area contributed by atoms with Crippen molar-refractivity contribution in [2.75, 3.05) is 4.90 Å². The summed E-state index contributed by atoms with van der Waals surface area (Å²) in [7, 11) is 0. The number of nitrogens with zero attached hydrogens (tertiary/aromatic N) is 2. The molecule has 94 valence electrons. The third-order valence-corrected chi connectivity index (χ3v) is 4.12. The Balaban J connectivity index is 1.87. The number of carbonyl (C=O) groups is 2. The lowest BCUT2D eigenvalue weighted by Crippen LogP contribution is -2.47. The molecule has 1 saturated heterocycles. The van der Waals surface area contributed by atoms with E-state index < -0.39 is 0 Å². The second-order valence-electron chi connectivity index (χ2n) is 5.39. The third-order valence-electron chi connectivity index (χ3n) is 4.12. The number of imide groups is 1. The summed E-state index contributed by atoms with van der Waals surface area (Å²) >= 11 is 0. The number of rotatable bonds is 1. The first-order valence-corrected chi connectivity index (χ1v) is 6.46. The van der Waals surface area contributed by atoms with Crippen LogP contribution in [0.25, 0.3) is 0 Å². The van der Waals surface area contributed by atoms with Crippen LogP contribution in [0, 0.1) is 5.41 Å². The second kappa shape index (κ2) is 4.19. The van der Waals surface area contributed by atoms with E-state index in [1.165, 1.54) is 4.90 Å². The first-order valence-electron chi connectivity index (χ1n) is 6.46. The van der Waals surface area contributed by atoms with Crippen molar-refractivity contribution in [2.24, 2.45) is 5.41 Å². The maximum Gasteiger partial charge on any atom is 0.234 e. The molecular weight excluding hydrogens is 228 g/mol. The molecule has 0 radical (unpaired) electrons. The van der Waals surface area contributed by atoms with Crippen LogP contribution in [0.15, 0.2) is 24.5 Å². The van der Waals surface area contributed by atoms with Gasteiger partial charge in [0.2, 0.25) is 11.8 Å². The highest BCUT2D eigenvalue weighted by atomic mass is 16.2. The number of hydrogen-bond acceptors (Lipinski definition) is 3. The Bertz CT molecular complexity index is 458. The van der Waals surface area contributed by atoms with Crippen LogP contribution in [-0.2, 0) is 9.59 Å². The summed E-state index contributed by atoms with van der Waals surface area (Å²) in [5.41, 5.74) is 0.563. The molecule has 2 amide bonds. The van der Waals surface area contributed by atoms with E-state index in [1.807, 2.05) is 0 Å². The van der Waals surface area contributed by atoms with Crippen LogP contribution in [0.1, 0.15) is 38.5 Å². The lowest BCUT2D eigenvalue weighted by atomic mass is 9.76. The summed E-state index contributed by atoms with van der Waals surface area (Å²) in [6.07, 6.45) is 8.56. The number of aromatic nitrogens is 1. The van der Waals surface area contributed by atoms with E-state index in [9.17, 15) is 9.59 Å². The Kier molecular flexibility index (Phi) is 2.65. The van der Waals surface area contributed by atoms with E-state index in [2.05, 4.69) is 4.98 Å². The lowest BCUT2D eigenvalue weighted by molar-refractivity contribution is -0.133. The normalized spacial score (nSPS) is 22.8. The molecule has 1 aromatic rings. The standard InChI is InChI=1S/C14H16N2O2/c17-12-8-14(5-1-2-6-14)9-13(18)16(12)11-4-3-7-15-10-11/h3-4,7,10H,1-2,5-6,8-9H2. The van der Waals surface area contributed by atoms with Crippen molar-refractivity contribution in [1.82, 2.24) is 4.98 Å². The number of carbonyl (C=O) groups excluding carboxylic acids is 2. The van der Waals surface area contributed by atoms with Crippen LogP contribution >= 0.6 is 0 Å². The number of pyridine rings is 1. The van der Waals surface area contributed by atoms with Gasteiger partial charge in [0, 0.05) is 19.0 Å². The highest BCUT2D eigenvalue weighted by Gasteiger charge is 2.45. The first kappa shape index (κ1) is 11.4. The summed E-state index contributed by atoms with van der Waals surface area (Å²) in [5.74, 6) is -0.137. The fourth-order valence-electron chi connectivity index (χ4n) is 3.25. The summed E-state index contributed by atoms with van der Waals surface area (Å²) in [4.78, 5) is 29.8. The molecule has 1 aliphatic heterocycles. The number of hydrogen-bond donors (Lipinski definition) is 0. The highest BCUT2D eigenvalue weighted by molar-refractivity contribution is 6.16. The maximum atomic E-state index is 12.2. The Morgan fingerprint density at radius 2 is 1.78 bits per heavy atom. The lowest BCUT2D eigenvalue weighted by Gasteiger charge is -2.37. The van der Waals surface area contributed by atoms with Crippen molar-refractivity contribution in [2.45, 2.75) is 38.5 Å². The van der Waals surface area contributed by atoms with Crippen molar-refractivity contribution < 1.29 is 9.59 Å². The SMILES string of the molecule is O=C1CC2(CCCC2)CC(=O)N1c1cccnc1. The average molecular weight is 244 g/mol. The van der Waals surface area contributed by atoms with Crippen LogP contribution in [0.5, 0.6) is 0 Å². The van der Waals surface area contributed by atoms with Gasteiger partial charge in [-0.25, -0.2) is 4.90 Å². The van der Waals surface area contributed by atoms with Gasteiger partial charge in [0.1, 0.15) is 0 Å². The monoisotopic (exact) mass is 244 g/mol. The van der Waals surface area contributed by atoms with E-state index >= 15 is 0 Å². The molecule has 1 spiro atoms. The Labute approximate surface area is 106 Å². The molecule has 3 rings (SSSR count). The van der Waals surface area contributed by atoms with Gasteiger partial charge >= 0.3 is 0 Å². The zero-order valence-electron chi connectivity index (χ0n) is 10.3. The van der Waals surface area contributed by atoms with Gasteiger partial charge in [-0.1, -0.05) is 12.8 Å². The number of piperidine rings is 1. The zero-order chi connectivity index (χ0) is 12.6. The zero-order valence-corrected chi connectivity index (χ0v) is 10.3. The van der Waals surface area contributed by atoms with Crippen LogP contribution in [0.4, 0.5) is 5.69 Å². The topological polar surface area (TPSA) is 50.3 Å². The largest absolute Gasteiger partial charge is 0.274 e. The fraction of sp³-hybridized carbons (Fsp3) is 0.500. The van der Waals surface area contributed by atoms with Gasteiger partial charge in [-0.2, -0.15) is 0 Å². The Morgan fingerprint density at radius 1 is 1.11 bits per heavy atom. The molecule has 0 atom stereocenters. The maximum absolute atomic E-state index is 12.2. The molecule has 2 heterocycles. The van der Waals surface area contributed by atoms with Crippen molar-refractivity contribution in [1.29, 1.82) is 0 Å². The smallest absolute Gasteiger partial charge is 0.234 e. The van der Waals surface area contributed by atoms with Gasteiger partial charge < -0.3 is 0 Å². The quantitative estimate of drug-likeness (QED) is 0.712. The molecule has 0 aromatic carbocycles. The van der Waals surface area contributed by atoms with Crippen LogP contribution < -0.4 is 4.90 Å². The van der Waals surface area contributed by atoms with E-state index in [-0.39, 0.29) is 17.2 Å². The molecule has 0 N–H and O–H groups in total. The minimum Gasteiger partial charge on any atom is -0.274 e. The van der Waals surface area contributed by atoms with Gasteiger partial charge in [0.05, 0.1) is 11.9 Å². The highest BCUT2D eigenvalue weighted by Crippen LogP contribution is 2.47. The molecule has 1 saturated carbocycles. The Hall–Kier alpha value is -1.71. The van der Waals surface area contributed by atoms with Gasteiger partial charge in [0.25, 0.3) is 0 Å². The van der Waals surface area contributed by atoms with E-state index in [1.54, 1.807) is 24.5 Å². The van der Waals surface area contributed by atoms with Crippen LogP contribution in [-0.4, -0.2) is 16.8 Å². The van der Waals surface area contributed by atoms with E-state index in [4.69, 9.17) is 0 Å².